The molecular weight excluding hydrogens is 468 g/mol. The minimum absolute atomic E-state index is 0.132. The largest absolute Gasteiger partial charge is 0.497 e. The molecule has 36 heavy (non-hydrogen) atoms. The first kappa shape index (κ1) is 23.2. The van der Waals surface area contributed by atoms with Crippen molar-refractivity contribution in [2.75, 3.05) is 26.2 Å². The number of fused-ring (bicyclic) bond motifs is 3. The lowest BCUT2D eigenvalue weighted by molar-refractivity contribution is 0.0529. The fraction of sp³-hybridized carbons (Fsp3) is 0.192. The van der Waals surface area contributed by atoms with Crippen LogP contribution in [0.15, 0.2) is 70.0 Å². The Hall–Kier alpha value is -4.57. The van der Waals surface area contributed by atoms with Crippen LogP contribution in [-0.4, -0.2) is 43.4 Å². The molecule has 0 fully saturated rings. The minimum Gasteiger partial charge on any atom is -0.497 e. The number of nitrogens with zero attached hydrogens (tertiary/aromatic N) is 2. The van der Waals surface area contributed by atoms with E-state index in [0.29, 0.717) is 28.3 Å². The van der Waals surface area contributed by atoms with Crippen molar-refractivity contribution in [3.63, 3.8) is 0 Å². The Kier molecular flexibility index (Phi) is 5.95. The van der Waals surface area contributed by atoms with Crippen LogP contribution in [0.2, 0.25) is 0 Å². The van der Waals surface area contributed by atoms with E-state index < -0.39 is 24.1 Å². The van der Waals surface area contributed by atoms with Crippen LogP contribution in [0, 0.1) is 0 Å². The van der Waals surface area contributed by atoms with E-state index in [2.05, 4.69) is 4.98 Å². The first-order valence-electron chi connectivity index (χ1n) is 10.9. The molecule has 5 rings (SSSR count). The topological polar surface area (TPSA) is 124 Å². The van der Waals surface area contributed by atoms with Crippen LogP contribution in [0.25, 0.3) is 11.3 Å². The van der Waals surface area contributed by atoms with Crippen LogP contribution in [0.3, 0.4) is 0 Å². The summed E-state index contributed by atoms with van der Waals surface area (Å²) < 4.78 is 26.6. The Morgan fingerprint density at radius 1 is 1.00 bits per heavy atom. The number of pyridine rings is 1. The average Bonchev–Trinajstić information content (AvgIpc) is 3.54. The highest BCUT2D eigenvalue weighted by Crippen LogP contribution is 2.54. The lowest BCUT2D eigenvalue weighted by atomic mass is 9.98. The molecule has 0 amide bonds. The molecule has 10 nitrogen and oxygen atoms in total. The Labute approximate surface area is 205 Å². The van der Waals surface area contributed by atoms with E-state index >= 15 is 0 Å². The van der Waals surface area contributed by atoms with E-state index in [-0.39, 0.29) is 22.8 Å². The minimum atomic E-state index is -1.16. The molecule has 184 valence electrons. The second kappa shape index (κ2) is 9.23. The van der Waals surface area contributed by atoms with Gasteiger partial charge in [-0.1, -0.05) is 6.07 Å². The van der Waals surface area contributed by atoms with E-state index in [4.69, 9.17) is 23.0 Å². The predicted octanol–water partition coefficient (Wildman–Crippen LogP) is 4.44. The Morgan fingerprint density at radius 2 is 1.75 bits per heavy atom. The number of ether oxygens (including phenoxy) is 3. The molecule has 0 radical (unpaired) electrons. The third-order valence-corrected chi connectivity index (χ3v) is 6.06. The first-order chi connectivity index (χ1) is 17.5. The summed E-state index contributed by atoms with van der Waals surface area (Å²) in [6, 6.07) is 11.4. The molecule has 1 aliphatic rings. The van der Waals surface area contributed by atoms with Crippen LogP contribution in [0.5, 0.6) is 5.75 Å². The lowest BCUT2D eigenvalue weighted by Gasteiger charge is -2.34. The highest BCUT2D eigenvalue weighted by molar-refractivity contribution is 6.09. The van der Waals surface area contributed by atoms with E-state index in [1.54, 1.807) is 60.7 Å². The molecule has 0 bridgehead atoms. The first-order valence-corrected chi connectivity index (χ1v) is 10.9. The lowest BCUT2D eigenvalue weighted by Crippen LogP contribution is -2.30. The van der Waals surface area contributed by atoms with E-state index in [1.807, 2.05) is 0 Å². The van der Waals surface area contributed by atoms with Crippen molar-refractivity contribution in [3.8, 4) is 17.1 Å². The molecule has 0 saturated heterocycles. The van der Waals surface area contributed by atoms with Gasteiger partial charge in [-0.2, -0.15) is 0 Å². The molecule has 0 saturated carbocycles. The summed E-state index contributed by atoms with van der Waals surface area (Å²) in [5.74, 6) is -1.28. The summed E-state index contributed by atoms with van der Waals surface area (Å²) >= 11 is 0. The number of hydrogen-bond donors (Lipinski definition) is 1. The van der Waals surface area contributed by atoms with Gasteiger partial charge in [-0.3, -0.25) is 4.98 Å². The number of benzene rings is 1. The van der Waals surface area contributed by atoms with Gasteiger partial charge in [0.25, 0.3) is 0 Å². The molecule has 4 aromatic rings. The molecule has 10 heteroatoms. The highest BCUT2D eigenvalue weighted by Gasteiger charge is 2.45. The number of methoxy groups -OCH3 is 3. The van der Waals surface area contributed by atoms with Gasteiger partial charge in [-0.25, -0.2) is 9.59 Å². The summed E-state index contributed by atoms with van der Waals surface area (Å²) in [4.78, 5) is 32.0. The molecule has 1 N–H and O–H groups in total. The smallest absolute Gasteiger partial charge is 0.374 e. The van der Waals surface area contributed by atoms with Crippen molar-refractivity contribution >= 4 is 23.3 Å². The maximum atomic E-state index is 13.1. The normalized spacial score (nSPS) is 16.5. The van der Waals surface area contributed by atoms with Gasteiger partial charge in [0.2, 0.25) is 5.76 Å². The average molecular weight is 490 g/mol. The van der Waals surface area contributed by atoms with Gasteiger partial charge in [-0.15, -0.1) is 0 Å². The quantitative estimate of drug-likeness (QED) is 0.401. The number of esters is 2. The number of aliphatic hydroxyl groups excluding tert-OH is 1. The van der Waals surface area contributed by atoms with Crippen molar-refractivity contribution in [1.82, 2.24) is 4.98 Å². The van der Waals surface area contributed by atoms with Crippen molar-refractivity contribution in [2.24, 2.45) is 0 Å². The van der Waals surface area contributed by atoms with Gasteiger partial charge in [0.1, 0.15) is 35.4 Å². The third kappa shape index (κ3) is 3.59. The van der Waals surface area contributed by atoms with Gasteiger partial charge in [-0.05, 0) is 36.4 Å². The van der Waals surface area contributed by atoms with Crippen molar-refractivity contribution in [3.05, 3.63) is 83.8 Å². The monoisotopic (exact) mass is 490 g/mol. The number of carbonyl (C=O) groups excluding carboxylic acids is 2. The van der Waals surface area contributed by atoms with Crippen molar-refractivity contribution < 1.29 is 37.7 Å². The molecule has 0 unspecified atom stereocenters. The van der Waals surface area contributed by atoms with E-state index in [0.717, 1.165) is 0 Å². The van der Waals surface area contributed by atoms with Crippen LogP contribution >= 0.6 is 0 Å². The molecule has 4 heterocycles. The zero-order chi connectivity index (χ0) is 25.4. The molecule has 0 aliphatic carbocycles. The zero-order valence-electron chi connectivity index (χ0n) is 19.6. The van der Waals surface area contributed by atoms with Crippen LogP contribution in [0.4, 0.5) is 11.4 Å². The number of carbonyl (C=O) groups is 2. The molecule has 1 aliphatic heterocycles. The van der Waals surface area contributed by atoms with Gasteiger partial charge >= 0.3 is 11.9 Å². The van der Waals surface area contributed by atoms with E-state index in [1.165, 1.54) is 26.7 Å². The fourth-order valence-electron chi connectivity index (χ4n) is 4.41. The van der Waals surface area contributed by atoms with Gasteiger partial charge < -0.3 is 33.1 Å². The maximum absolute atomic E-state index is 13.1. The maximum Gasteiger partial charge on any atom is 0.374 e. The number of aliphatic hydroxyl groups is 1. The fourth-order valence-corrected chi connectivity index (χ4v) is 4.41. The predicted molar refractivity (Wildman–Crippen MR) is 126 cm³/mol. The number of aromatic nitrogens is 1. The third-order valence-electron chi connectivity index (χ3n) is 6.06. The van der Waals surface area contributed by atoms with Gasteiger partial charge in [0.15, 0.2) is 5.76 Å². The second-order valence-corrected chi connectivity index (χ2v) is 7.92. The summed E-state index contributed by atoms with van der Waals surface area (Å²) in [6.07, 6.45) is 3.23. The van der Waals surface area contributed by atoms with E-state index in [9.17, 15) is 14.7 Å². The van der Waals surface area contributed by atoms with Crippen molar-refractivity contribution in [2.45, 2.75) is 12.1 Å². The molecular formula is C26H22N2O8. The van der Waals surface area contributed by atoms with Crippen LogP contribution < -0.4 is 9.64 Å². The van der Waals surface area contributed by atoms with Crippen LogP contribution in [-0.2, 0) is 9.47 Å². The number of furan rings is 2. The Morgan fingerprint density at radius 3 is 2.39 bits per heavy atom. The molecule has 2 atom stereocenters. The number of rotatable bonds is 5. The summed E-state index contributed by atoms with van der Waals surface area (Å²) in [7, 11) is 3.93. The number of hydrogen-bond acceptors (Lipinski definition) is 10. The SMILES string of the molecule is COC(=O)c1oc2c(c1C(=O)OC)N(c1ccc(OC)cc1)[C@H](c1ccccn1)[C@@H](O)c1cocc1-2. The Bertz CT molecular complexity index is 1410. The Balaban J connectivity index is 1.90. The standard InChI is InChI=1S/C26H22N2O8/c1-32-15-9-7-14(8-10-15)28-20(18-6-4-5-11-27-18)22(29)16-12-35-13-17(16)23-21(28)19(25(30)33-2)24(36-23)26(31)34-3/h4-13,20,22,29H,1-3H3/t20-,22+/m1/s1. The summed E-state index contributed by atoms with van der Waals surface area (Å²) in [5, 5.41) is 11.7. The zero-order valence-corrected chi connectivity index (χ0v) is 19.6. The summed E-state index contributed by atoms with van der Waals surface area (Å²) in [6.45, 7) is 0. The number of anilines is 2. The molecule has 3 aromatic heterocycles. The second-order valence-electron chi connectivity index (χ2n) is 7.92. The highest BCUT2D eigenvalue weighted by atomic mass is 16.5. The van der Waals surface area contributed by atoms with Crippen LogP contribution in [0.1, 0.15) is 44.3 Å². The van der Waals surface area contributed by atoms with Gasteiger partial charge in [0, 0.05) is 17.4 Å². The van der Waals surface area contributed by atoms with Crippen molar-refractivity contribution in [1.29, 1.82) is 0 Å². The molecule has 1 aromatic carbocycles. The summed E-state index contributed by atoms with van der Waals surface area (Å²) in [5.41, 5.74) is 1.87. The van der Waals surface area contributed by atoms with Gasteiger partial charge in [0.05, 0.1) is 38.8 Å². The molecule has 0 spiro atoms.